The van der Waals surface area contributed by atoms with E-state index in [1.54, 1.807) is 6.07 Å². The van der Waals surface area contributed by atoms with Crippen LogP contribution in [0.25, 0.3) is 0 Å². The molecule has 0 saturated heterocycles. The Hall–Kier alpha value is -1.58. The third-order valence-electron chi connectivity index (χ3n) is 3.25. The first kappa shape index (κ1) is 15.8. The number of hydrogen-bond donors (Lipinski definition) is 1. The Morgan fingerprint density at radius 2 is 1.90 bits per heavy atom. The van der Waals surface area contributed by atoms with Crippen molar-refractivity contribution in [3.05, 3.63) is 58.9 Å². The first-order valence-corrected chi connectivity index (χ1v) is 7.48. The van der Waals surface area contributed by atoms with E-state index in [1.807, 2.05) is 18.2 Å². The fourth-order valence-corrected chi connectivity index (χ4v) is 2.39. The number of halogens is 2. The molecule has 2 nitrogen and oxygen atoms in total. The number of hydrogen-bond acceptors (Lipinski definition) is 2. The highest BCUT2D eigenvalue weighted by molar-refractivity contribution is 6.30. The molecule has 0 bridgehead atoms. The van der Waals surface area contributed by atoms with Crippen LogP contribution in [0.2, 0.25) is 5.02 Å². The predicted octanol–water partition coefficient (Wildman–Crippen LogP) is 5.33. The van der Waals surface area contributed by atoms with E-state index in [4.69, 9.17) is 16.3 Å². The summed E-state index contributed by atoms with van der Waals surface area (Å²) in [5, 5.41) is 3.49. The van der Waals surface area contributed by atoms with Gasteiger partial charge in [0.05, 0.1) is 5.02 Å². The molecular formula is C17H19ClFNO. The van der Waals surface area contributed by atoms with Gasteiger partial charge in [0.25, 0.3) is 0 Å². The molecule has 0 radical (unpaired) electrons. The van der Waals surface area contributed by atoms with Crippen molar-refractivity contribution >= 4 is 11.6 Å². The lowest BCUT2D eigenvalue weighted by Crippen LogP contribution is -2.19. The van der Waals surface area contributed by atoms with Gasteiger partial charge >= 0.3 is 0 Å². The zero-order valence-electron chi connectivity index (χ0n) is 12.2. The minimum atomic E-state index is -0.448. The number of rotatable bonds is 6. The Balaban J connectivity index is 2.18. The van der Waals surface area contributed by atoms with E-state index in [9.17, 15) is 4.39 Å². The van der Waals surface area contributed by atoms with Crippen molar-refractivity contribution in [1.82, 2.24) is 5.32 Å². The van der Waals surface area contributed by atoms with Gasteiger partial charge < -0.3 is 10.1 Å². The van der Waals surface area contributed by atoms with Crippen molar-refractivity contribution in [3.63, 3.8) is 0 Å². The Morgan fingerprint density at radius 3 is 2.57 bits per heavy atom. The molecule has 112 valence electrons. The van der Waals surface area contributed by atoms with Gasteiger partial charge in [-0.3, -0.25) is 0 Å². The molecule has 0 saturated carbocycles. The molecule has 0 fully saturated rings. The topological polar surface area (TPSA) is 21.3 Å². The second kappa shape index (κ2) is 7.43. The Labute approximate surface area is 129 Å². The first-order chi connectivity index (χ1) is 10.1. The van der Waals surface area contributed by atoms with Gasteiger partial charge in [-0.25, -0.2) is 4.39 Å². The summed E-state index contributed by atoms with van der Waals surface area (Å²) in [5.74, 6) is 0.789. The second-order valence-electron chi connectivity index (χ2n) is 4.77. The van der Waals surface area contributed by atoms with Crippen LogP contribution in [0, 0.1) is 5.82 Å². The maximum atomic E-state index is 13.1. The lowest BCUT2D eigenvalue weighted by atomic mass is 10.0. The van der Waals surface area contributed by atoms with E-state index in [-0.39, 0.29) is 5.02 Å². The van der Waals surface area contributed by atoms with Gasteiger partial charge in [0.15, 0.2) is 0 Å². The molecule has 1 unspecified atom stereocenters. The molecule has 2 aromatic rings. The molecular weight excluding hydrogens is 289 g/mol. The molecule has 2 rings (SSSR count). The highest BCUT2D eigenvalue weighted by Crippen LogP contribution is 2.28. The van der Waals surface area contributed by atoms with Crippen LogP contribution in [0.5, 0.6) is 11.5 Å². The normalized spacial score (nSPS) is 12.2. The van der Waals surface area contributed by atoms with E-state index in [1.165, 1.54) is 17.7 Å². The summed E-state index contributed by atoms with van der Waals surface area (Å²) in [7, 11) is 0. The maximum absolute atomic E-state index is 13.1. The minimum absolute atomic E-state index is 0.0581. The van der Waals surface area contributed by atoms with Gasteiger partial charge in [-0.15, -0.1) is 0 Å². The smallest absolute Gasteiger partial charge is 0.142 e. The fourth-order valence-electron chi connectivity index (χ4n) is 2.22. The van der Waals surface area contributed by atoms with Crippen LogP contribution in [0.4, 0.5) is 4.39 Å². The summed E-state index contributed by atoms with van der Waals surface area (Å²) in [4.78, 5) is 0. The summed E-state index contributed by atoms with van der Waals surface area (Å²) in [6.07, 6.45) is 1.000. The summed E-state index contributed by atoms with van der Waals surface area (Å²) in [6.45, 7) is 5.14. The summed E-state index contributed by atoms with van der Waals surface area (Å²) < 4.78 is 18.9. The standard InChI is InChI=1S/C17H19ClFNO/c1-3-17(20-4-2)12-6-5-7-13(10-12)21-14-8-9-16(19)15(18)11-14/h5-11,17,20H,3-4H2,1-2H3. The van der Waals surface area contributed by atoms with E-state index in [2.05, 4.69) is 25.2 Å². The van der Waals surface area contributed by atoms with Crippen LogP contribution in [-0.2, 0) is 0 Å². The fraction of sp³-hybridized carbons (Fsp3) is 0.294. The molecule has 0 amide bonds. The Morgan fingerprint density at radius 1 is 1.14 bits per heavy atom. The quantitative estimate of drug-likeness (QED) is 0.778. The van der Waals surface area contributed by atoms with Gasteiger partial charge in [-0.2, -0.15) is 0 Å². The zero-order chi connectivity index (χ0) is 15.2. The number of benzene rings is 2. The predicted molar refractivity (Wildman–Crippen MR) is 84.6 cm³/mol. The molecule has 0 aliphatic rings. The van der Waals surface area contributed by atoms with Gasteiger partial charge in [0, 0.05) is 12.1 Å². The van der Waals surface area contributed by atoms with Crippen LogP contribution in [-0.4, -0.2) is 6.54 Å². The largest absolute Gasteiger partial charge is 0.457 e. The second-order valence-corrected chi connectivity index (χ2v) is 5.18. The van der Waals surface area contributed by atoms with Crippen molar-refractivity contribution in [3.8, 4) is 11.5 Å². The lowest BCUT2D eigenvalue weighted by molar-refractivity contribution is 0.476. The Kier molecular flexibility index (Phi) is 5.59. The summed E-state index contributed by atoms with van der Waals surface area (Å²) in [6, 6.07) is 12.5. The van der Waals surface area contributed by atoms with Crippen LogP contribution in [0.3, 0.4) is 0 Å². The van der Waals surface area contributed by atoms with Crippen molar-refractivity contribution < 1.29 is 9.13 Å². The molecule has 0 aromatic heterocycles. The molecule has 0 spiro atoms. The van der Waals surface area contributed by atoms with E-state index >= 15 is 0 Å². The third kappa shape index (κ3) is 4.19. The van der Waals surface area contributed by atoms with Crippen LogP contribution in [0.1, 0.15) is 31.9 Å². The average molecular weight is 308 g/mol. The van der Waals surface area contributed by atoms with E-state index in [0.29, 0.717) is 17.5 Å². The van der Waals surface area contributed by atoms with Crippen LogP contribution in [0.15, 0.2) is 42.5 Å². The van der Waals surface area contributed by atoms with Crippen molar-refractivity contribution in [2.45, 2.75) is 26.3 Å². The first-order valence-electron chi connectivity index (χ1n) is 7.10. The van der Waals surface area contributed by atoms with E-state index < -0.39 is 5.82 Å². The van der Waals surface area contributed by atoms with Crippen molar-refractivity contribution in [1.29, 1.82) is 0 Å². The molecule has 4 heteroatoms. The Bertz CT molecular complexity index is 603. The highest BCUT2D eigenvalue weighted by Gasteiger charge is 2.09. The molecule has 0 heterocycles. The van der Waals surface area contributed by atoms with Crippen molar-refractivity contribution in [2.75, 3.05) is 6.54 Å². The molecule has 21 heavy (non-hydrogen) atoms. The van der Waals surface area contributed by atoms with Gasteiger partial charge in [0.1, 0.15) is 17.3 Å². The molecule has 0 aliphatic heterocycles. The van der Waals surface area contributed by atoms with Crippen molar-refractivity contribution in [2.24, 2.45) is 0 Å². The zero-order valence-corrected chi connectivity index (χ0v) is 13.0. The SMILES string of the molecule is CCNC(CC)c1cccc(Oc2ccc(F)c(Cl)c2)c1. The minimum Gasteiger partial charge on any atom is -0.457 e. The molecule has 0 aliphatic carbocycles. The maximum Gasteiger partial charge on any atom is 0.142 e. The lowest BCUT2D eigenvalue weighted by Gasteiger charge is -2.17. The number of nitrogens with one attached hydrogen (secondary N) is 1. The molecule has 1 atom stereocenters. The molecule has 1 N–H and O–H groups in total. The van der Waals surface area contributed by atoms with Gasteiger partial charge in [0.2, 0.25) is 0 Å². The summed E-state index contributed by atoms with van der Waals surface area (Å²) in [5.41, 5.74) is 1.17. The van der Waals surface area contributed by atoms with Crippen LogP contribution >= 0.6 is 11.6 Å². The van der Waals surface area contributed by atoms with Crippen LogP contribution < -0.4 is 10.1 Å². The monoisotopic (exact) mass is 307 g/mol. The number of ether oxygens (including phenoxy) is 1. The molecule has 2 aromatic carbocycles. The van der Waals surface area contributed by atoms with Gasteiger partial charge in [-0.05, 0) is 42.8 Å². The highest BCUT2D eigenvalue weighted by atomic mass is 35.5. The summed E-state index contributed by atoms with van der Waals surface area (Å²) >= 11 is 5.76. The third-order valence-corrected chi connectivity index (χ3v) is 3.54. The van der Waals surface area contributed by atoms with E-state index in [0.717, 1.165) is 13.0 Å². The van der Waals surface area contributed by atoms with Gasteiger partial charge in [-0.1, -0.05) is 37.6 Å². The average Bonchev–Trinajstić information content (AvgIpc) is 2.49.